The minimum absolute atomic E-state index is 0.0348. The van der Waals surface area contributed by atoms with E-state index in [1.54, 1.807) is 49.6 Å². The minimum atomic E-state index is -3.32. The van der Waals surface area contributed by atoms with Gasteiger partial charge in [-0.05, 0) is 58.7 Å². The maximum Gasteiger partial charge on any atom is 0.213 e. The second kappa shape index (κ2) is 15.0. The Morgan fingerprint density at radius 3 is 2.61 bits per heavy atom. The van der Waals surface area contributed by atoms with E-state index in [1.165, 1.54) is 23.8 Å². The number of ether oxygens (including phenoxy) is 2. The number of nitrogens with two attached hydrogens (primary N) is 1. The summed E-state index contributed by atoms with van der Waals surface area (Å²) in [5.74, 6) is 0.612. The number of sulfone groups is 1. The van der Waals surface area contributed by atoms with Crippen LogP contribution in [-0.2, 0) is 33.3 Å². The first-order valence-corrected chi connectivity index (χ1v) is 19.1. The summed E-state index contributed by atoms with van der Waals surface area (Å²) in [7, 11) is -1.73. The first-order chi connectivity index (χ1) is 23.6. The molecule has 1 aromatic heterocycles. The molecule has 0 amide bonds. The van der Waals surface area contributed by atoms with Gasteiger partial charge in [-0.2, -0.15) is 0 Å². The molecular formula is C36H37BrFN5O4S2. The molecule has 1 aliphatic carbocycles. The van der Waals surface area contributed by atoms with Gasteiger partial charge in [-0.3, -0.25) is 0 Å². The number of aryl methyl sites for hydroxylation is 1. The number of allylic oxidation sites excluding steroid dienone is 2. The van der Waals surface area contributed by atoms with Crippen molar-refractivity contribution in [1.82, 2.24) is 15.6 Å². The maximum atomic E-state index is 16.0. The van der Waals surface area contributed by atoms with Crippen molar-refractivity contribution >= 4 is 49.1 Å². The Hall–Kier alpha value is -3.72. The summed E-state index contributed by atoms with van der Waals surface area (Å²) < 4.78 is 51.0. The molecule has 0 fully saturated rings. The molecule has 0 saturated carbocycles. The van der Waals surface area contributed by atoms with Gasteiger partial charge in [0.1, 0.15) is 17.5 Å². The molecule has 13 heteroatoms. The molecule has 4 N–H and O–H groups in total. The molecule has 49 heavy (non-hydrogen) atoms. The van der Waals surface area contributed by atoms with E-state index < -0.39 is 26.2 Å². The summed E-state index contributed by atoms with van der Waals surface area (Å²) in [6.07, 6.45) is 6.77. The highest BCUT2D eigenvalue weighted by atomic mass is 79.9. The zero-order valence-corrected chi connectivity index (χ0v) is 30.0. The normalized spacial score (nSPS) is 21.6. The van der Waals surface area contributed by atoms with Crippen LogP contribution in [0.5, 0.6) is 5.75 Å². The van der Waals surface area contributed by atoms with Crippen LogP contribution >= 0.6 is 27.3 Å². The van der Waals surface area contributed by atoms with E-state index in [4.69, 9.17) is 20.2 Å². The van der Waals surface area contributed by atoms with Gasteiger partial charge in [0.05, 0.1) is 47.1 Å². The first-order valence-electron chi connectivity index (χ1n) is 15.8. The second-order valence-corrected chi connectivity index (χ2v) is 16.0. The molecule has 0 radical (unpaired) electrons. The van der Waals surface area contributed by atoms with E-state index >= 15 is 4.39 Å². The van der Waals surface area contributed by atoms with E-state index in [-0.39, 0.29) is 12.4 Å². The van der Waals surface area contributed by atoms with Crippen molar-refractivity contribution in [2.45, 2.75) is 40.7 Å². The molecule has 3 aromatic carbocycles. The SMILES string of the molecule is COc1cc2c(cc1-c1csc(CCCNCCS(=O)(=O)c3ccccc3)n1)C(N)(C1=CC=CC(F)(Br)C1OCc1ccccc1)NC=N2. The largest absolute Gasteiger partial charge is 0.496 e. The third-order valence-corrected chi connectivity index (χ3v) is 11.7. The van der Waals surface area contributed by atoms with Crippen molar-refractivity contribution in [2.75, 3.05) is 26.0 Å². The Balaban J connectivity index is 1.17. The molecule has 4 aromatic rings. The standard InChI is InChI=1S/C36H37BrFN5O4S2/c1-46-32-21-30-29(36(39,42-24-41-30)28-14-8-16-35(37,38)34(28)47-22-25-10-4-2-5-11-25)20-27(32)31-23-48-33(43-31)15-9-17-40-18-19-49(44,45)26-12-6-3-7-13-26/h2-8,10-14,16,20-21,23-24,34,40H,9,15,17-19,22,39H2,1H3,(H,41,42). The van der Waals surface area contributed by atoms with E-state index in [2.05, 4.69) is 31.6 Å². The Morgan fingerprint density at radius 2 is 1.86 bits per heavy atom. The van der Waals surface area contributed by atoms with Gasteiger partial charge in [0, 0.05) is 41.1 Å². The van der Waals surface area contributed by atoms with Crippen LogP contribution in [0.25, 0.3) is 11.3 Å². The van der Waals surface area contributed by atoms with E-state index in [0.29, 0.717) is 52.7 Å². The van der Waals surface area contributed by atoms with Gasteiger partial charge < -0.3 is 25.8 Å². The van der Waals surface area contributed by atoms with Crippen molar-refractivity contribution in [3.63, 3.8) is 0 Å². The number of nitrogens with one attached hydrogen (secondary N) is 2. The number of rotatable bonds is 14. The van der Waals surface area contributed by atoms with Crippen LogP contribution in [-0.4, -0.2) is 56.4 Å². The summed E-state index contributed by atoms with van der Waals surface area (Å²) in [6.45, 7) is 1.21. The summed E-state index contributed by atoms with van der Waals surface area (Å²) in [5, 5.41) is 9.32. The molecule has 256 valence electrons. The van der Waals surface area contributed by atoms with Crippen molar-refractivity contribution in [1.29, 1.82) is 0 Å². The minimum Gasteiger partial charge on any atom is -0.496 e. The van der Waals surface area contributed by atoms with Crippen LogP contribution in [0.1, 0.15) is 22.6 Å². The highest BCUT2D eigenvalue weighted by Crippen LogP contribution is 2.47. The molecule has 3 atom stereocenters. The van der Waals surface area contributed by atoms with Crippen molar-refractivity contribution in [2.24, 2.45) is 10.7 Å². The zero-order valence-electron chi connectivity index (χ0n) is 26.8. The molecule has 9 nitrogen and oxygen atoms in total. The van der Waals surface area contributed by atoms with Gasteiger partial charge in [0.15, 0.2) is 9.84 Å². The first kappa shape index (κ1) is 35.1. The molecular weight excluding hydrogens is 729 g/mol. The van der Waals surface area contributed by atoms with Crippen LogP contribution in [0.3, 0.4) is 0 Å². The average molecular weight is 767 g/mol. The second-order valence-electron chi connectivity index (χ2n) is 11.7. The predicted octanol–water partition coefficient (Wildman–Crippen LogP) is 6.33. The van der Waals surface area contributed by atoms with E-state index in [1.807, 2.05) is 47.8 Å². The van der Waals surface area contributed by atoms with Crippen LogP contribution in [0.2, 0.25) is 0 Å². The Morgan fingerprint density at radius 1 is 1.10 bits per heavy atom. The number of fused-ring (bicyclic) bond motifs is 1. The number of alkyl halides is 2. The van der Waals surface area contributed by atoms with Crippen molar-refractivity contribution in [3.05, 3.63) is 118 Å². The quantitative estimate of drug-likeness (QED) is 0.100. The highest BCUT2D eigenvalue weighted by molar-refractivity contribution is 9.10. The third kappa shape index (κ3) is 7.87. The molecule has 6 rings (SSSR count). The number of aliphatic imine (C=N–C) groups is 1. The van der Waals surface area contributed by atoms with Crippen molar-refractivity contribution in [3.8, 4) is 17.0 Å². The molecule has 2 aliphatic rings. The smallest absolute Gasteiger partial charge is 0.213 e. The van der Waals surface area contributed by atoms with Gasteiger partial charge in [-0.15, -0.1) is 11.3 Å². The third-order valence-electron chi connectivity index (χ3n) is 8.40. The Bertz CT molecular complexity index is 1970. The number of thiazole rings is 1. The Labute approximate surface area is 298 Å². The summed E-state index contributed by atoms with van der Waals surface area (Å²) >= 11 is 4.77. The fraction of sp³-hybridized carbons (Fsp3) is 0.278. The number of halogens is 2. The van der Waals surface area contributed by atoms with E-state index in [0.717, 1.165) is 22.6 Å². The van der Waals surface area contributed by atoms with Crippen LogP contribution in [0, 0.1) is 0 Å². The number of hydrogen-bond donors (Lipinski definition) is 3. The lowest BCUT2D eigenvalue weighted by molar-refractivity contribution is 0.00569. The molecule has 0 spiro atoms. The summed E-state index contributed by atoms with van der Waals surface area (Å²) in [6, 6.07) is 21.8. The lowest BCUT2D eigenvalue weighted by Crippen LogP contribution is -2.58. The molecule has 3 unspecified atom stereocenters. The number of benzene rings is 3. The number of hydrogen-bond acceptors (Lipinski definition) is 10. The summed E-state index contributed by atoms with van der Waals surface area (Å²) in [5.41, 5.74) is 9.82. The molecule has 1 aliphatic heterocycles. The van der Waals surface area contributed by atoms with Crippen LogP contribution in [0.4, 0.5) is 10.1 Å². The monoisotopic (exact) mass is 765 g/mol. The topological polar surface area (TPSA) is 128 Å². The fourth-order valence-corrected chi connectivity index (χ4v) is 8.42. The molecule has 0 saturated heterocycles. The van der Waals surface area contributed by atoms with Gasteiger partial charge in [0.25, 0.3) is 0 Å². The fourth-order valence-electron chi connectivity index (χ4n) is 5.83. The van der Waals surface area contributed by atoms with Gasteiger partial charge in [-0.1, -0.05) is 60.7 Å². The lowest BCUT2D eigenvalue weighted by Gasteiger charge is -2.42. The van der Waals surface area contributed by atoms with E-state index in [9.17, 15) is 8.42 Å². The lowest BCUT2D eigenvalue weighted by atomic mass is 9.82. The number of aromatic nitrogens is 1. The Kier molecular flexibility index (Phi) is 10.8. The summed E-state index contributed by atoms with van der Waals surface area (Å²) in [4.78, 5) is 9.76. The number of methoxy groups -OCH3 is 1. The van der Waals surface area contributed by atoms with Crippen LogP contribution in [0.15, 0.2) is 112 Å². The average Bonchev–Trinajstić information content (AvgIpc) is 3.58. The van der Waals surface area contributed by atoms with Crippen molar-refractivity contribution < 1.29 is 22.3 Å². The van der Waals surface area contributed by atoms with Gasteiger partial charge in [-0.25, -0.2) is 22.8 Å². The van der Waals surface area contributed by atoms with Gasteiger partial charge >= 0.3 is 0 Å². The van der Waals surface area contributed by atoms with Gasteiger partial charge in [0.2, 0.25) is 4.58 Å². The maximum absolute atomic E-state index is 16.0. The number of nitrogens with zero attached hydrogens (tertiary/aromatic N) is 2. The zero-order chi connectivity index (χ0) is 34.5. The molecule has 0 bridgehead atoms. The van der Waals surface area contributed by atoms with Crippen LogP contribution < -0.4 is 21.1 Å². The highest BCUT2D eigenvalue weighted by Gasteiger charge is 2.48. The molecule has 2 heterocycles. The predicted molar refractivity (Wildman–Crippen MR) is 196 cm³/mol.